The van der Waals surface area contributed by atoms with Crippen LogP contribution in [0.5, 0.6) is 0 Å². The minimum Gasteiger partial charge on any atom is -0.395 e. The smallest absolute Gasteiger partial charge is 0.293 e. The van der Waals surface area contributed by atoms with Crippen LogP contribution in [0.1, 0.15) is 17.3 Å². The number of benzene rings is 1. The van der Waals surface area contributed by atoms with Gasteiger partial charge in [0.05, 0.1) is 11.5 Å². The molecule has 4 N–H and O–H groups in total. The molecular weight excluding hydrogens is 252 g/mol. The fraction of sp³-hybridized carbons (Fsp3) is 0.364. The summed E-state index contributed by atoms with van der Waals surface area (Å²) in [6.45, 7) is 2.27. The number of hydrogen-bond donors (Lipinski definition) is 3. The number of rotatable bonds is 6. The molecule has 0 heterocycles. The molecule has 0 saturated heterocycles. The van der Waals surface area contributed by atoms with E-state index in [0.717, 1.165) is 0 Å². The molecule has 0 spiro atoms. The van der Waals surface area contributed by atoms with Crippen molar-refractivity contribution < 1.29 is 14.8 Å². The van der Waals surface area contributed by atoms with Gasteiger partial charge in [-0.2, -0.15) is 0 Å². The molecule has 0 aliphatic rings. The average molecular weight is 268 g/mol. The monoisotopic (exact) mass is 268 g/mol. The van der Waals surface area contributed by atoms with Gasteiger partial charge in [-0.15, -0.1) is 0 Å². The van der Waals surface area contributed by atoms with Crippen LogP contribution in [0.3, 0.4) is 0 Å². The van der Waals surface area contributed by atoms with Crippen LogP contribution in [0.25, 0.3) is 0 Å². The molecule has 1 rings (SSSR count). The maximum absolute atomic E-state index is 12.1. The number of nitro groups is 1. The molecule has 0 fully saturated rings. The zero-order valence-corrected chi connectivity index (χ0v) is 10.5. The van der Waals surface area contributed by atoms with Crippen LogP contribution in [0.15, 0.2) is 18.2 Å². The predicted molar refractivity (Wildman–Crippen MR) is 69.6 cm³/mol. The van der Waals surface area contributed by atoms with Gasteiger partial charge in [-0.05, 0) is 19.1 Å². The molecule has 0 atom stereocenters. The third-order valence-corrected chi connectivity index (χ3v) is 2.63. The van der Waals surface area contributed by atoms with Crippen molar-refractivity contribution in [2.24, 2.45) is 5.84 Å². The second-order valence-electron chi connectivity index (χ2n) is 3.74. The van der Waals surface area contributed by atoms with Crippen molar-refractivity contribution in [3.63, 3.8) is 0 Å². The van der Waals surface area contributed by atoms with Crippen LogP contribution in [0.2, 0.25) is 0 Å². The van der Waals surface area contributed by atoms with E-state index in [1.165, 1.54) is 23.1 Å². The summed E-state index contributed by atoms with van der Waals surface area (Å²) >= 11 is 0. The van der Waals surface area contributed by atoms with Gasteiger partial charge in [0.1, 0.15) is 5.69 Å². The molecule has 1 aromatic rings. The van der Waals surface area contributed by atoms with Crippen molar-refractivity contribution in [3.05, 3.63) is 33.9 Å². The summed E-state index contributed by atoms with van der Waals surface area (Å²) in [7, 11) is 0. The molecule has 8 nitrogen and oxygen atoms in total. The Balaban J connectivity index is 3.08. The lowest BCUT2D eigenvalue weighted by Gasteiger charge is -2.19. The molecule has 8 heteroatoms. The predicted octanol–water partition coefficient (Wildman–Crippen LogP) is 0.335. The minimum absolute atomic E-state index is 0.0656. The Morgan fingerprint density at radius 3 is 2.74 bits per heavy atom. The highest BCUT2D eigenvalue weighted by molar-refractivity contribution is 5.95. The lowest BCUT2D eigenvalue weighted by molar-refractivity contribution is -0.384. The van der Waals surface area contributed by atoms with E-state index in [-0.39, 0.29) is 36.0 Å². The summed E-state index contributed by atoms with van der Waals surface area (Å²) in [4.78, 5) is 23.7. The number of aliphatic hydroxyl groups excluding tert-OH is 1. The normalized spacial score (nSPS) is 10.1. The van der Waals surface area contributed by atoms with Crippen LogP contribution < -0.4 is 11.3 Å². The summed E-state index contributed by atoms with van der Waals surface area (Å²) in [6, 6.07) is 3.90. The Kier molecular flexibility index (Phi) is 5.22. The second-order valence-corrected chi connectivity index (χ2v) is 3.74. The van der Waals surface area contributed by atoms with E-state index in [9.17, 15) is 14.9 Å². The second kappa shape index (κ2) is 6.66. The van der Waals surface area contributed by atoms with Crippen molar-refractivity contribution in [3.8, 4) is 0 Å². The van der Waals surface area contributed by atoms with E-state index in [1.54, 1.807) is 6.92 Å². The fourth-order valence-electron chi connectivity index (χ4n) is 1.65. The van der Waals surface area contributed by atoms with Crippen molar-refractivity contribution in [2.75, 3.05) is 25.1 Å². The quantitative estimate of drug-likeness (QED) is 0.388. The first kappa shape index (κ1) is 14.9. The number of nitro benzene ring substituents is 1. The molecular formula is C11H16N4O4. The standard InChI is InChI=1S/C11H16N4O4/c1-2-14(5-6-16)11(17)8-3-4-10(15(18)19)9(7-8)13-12/h3-4,7,13,16H,2,5-6,12H2,1H3. The summed E-state index contributed by atoms with van der Waals surface area (Å²) < 4.78 is 0. The van der Waals surface area contributed by atoms with Crippen LogP contribution in [-0.4, -0.2) is 40.5 Å². The molecule has 0 aromatic heterocycles. The van der Waals surface area contributed by atoms with Crippen molar-refractivity contribution >= 4 is 17.3 Å². The third-order valence-electron chi connectivity index (χ3n) is 2.63. The highest BCUT2D eigenvalue weighted by atomic mass is 16.6. The number of nitrogens with one attached hydrogen (secondary N) is 1. The molecule has 0 saturated carbocycles. The number of carbonyl (C=O) groups excluding carboxylic acids is 1. The number of nitrogens with zero attached hydrogens (tertiary/aromatic N) is 2. The summed E-state index contributed by atoms with van der Waals surface area (Å²) in [5.74, 6) is 4.89. The lowest BCUT2D eigenvalue weighted by Crippen LogP contribution is -2.33. The van der Waals surface area contributed by atoms with Crippen LogP contribution in [0.4, 0.5) is 11.4 Å². The molecule has 104 valence electrons. The van der Waals surface area contributed by atoms with Crippen LogP contribution in [-0.2, 0) is 0 Å². The van der Waals surface area contributed by atoms with Crippen LogP contribution in [0, 0.1) is 10.1 Å². The highest BCUT2D eigenvalue weighted by Gasteiger charge is 2.19. The average Bonchev–Trinajstić information content (AvgIpc) is 2.43. The van der Waals surface area contributed by atoms with Gasteiger partial charge >= 0.3 is 0 Å². The Morgan fingerprint density at radius 2 is 2.26 bits per heavy atom. The molecule has 1 aromatic carbocycles. The summed E-state index contributed by atoms with van der Waals surface area (Å²) in [5, 5.41) is 19.6. The molecule has 0 unspecified atom stereocenters. The maximum Gasteiger partial charge on any atom is 0.293 e. The number of likely N-dealkylation sites (N-methyl/N-ethyl adjacent to an activating group) is 1. The first-order valence-electron chi connectivity index (χ1n) is 5.70. The highest BCUT2D eigenvalue weighted by Crippen LogP contribution is 2.25. The van der Waals surface area contributed by atoms with Gasteiger partial charge in [0.25, 0.3) is 11.6 Å². The number of carbonyl (C=O) groups is 1. The SMILES string of the molecule is CCN(CCO)C(=O)c1ccc([N+](=O)[O-])c(NN)c1. The van der Waals surface area contributed by atoms with Crippen LogP contribution >= 0.6 is 0 Å². The van der Waals surface area contributed by atoms with Gasteiger partial charge in [0, 0.05) is 24.7 Å². The number of nitrogen functional groups attached to an aromatic ring is 1. The van der Waals surface area contributed by atoms with E-state index in [2.05, 4.69) is 5.43 Å². The topological polar surface area (TPSA) is 122 Å². The molecule has 0 radical (unpaired) electrons. The maximum atomic E-state index is 12.1. The molecule has 1 amide bonds. The Morgan fingerprint density at radius 1 is 1.58 bits per heavy atom. The Bertz CT molecular complexity index is 478. The van der Waals surface area contributed by atoms with Gasteiger partial charge in [0.15, 0.2) is 0 Å². The number of hydrogen-bond acceptors (Lipinski definition) is 6. The van der Waals surface area contributed by atoms with Gasteiger partial charge in [-0.25, -0.2) is 0 Å². The van der Waals surface area contributed by atoms with Crippen molar-refractivity contribution in [1.82, 2.24) is 4.90 Å². The Hall–Kier alpha value is -2.19. The summed E-state index contributed by atoms with van der Waals surface area (Å²) in [5.41, 5.74) is 2.33. The van der Waals surface area contributed by atoms with Crippen molar-refractivity contribution in [1.29, 1.82) is 0 Å². The van der Waals surface area contributed by atoms with E-state index in [1.807, 2.05) is 0 Å². The zero-order valence-electron chi connectivity index (χ0n) is 10.5. The van der Waals surface area contributed by atoms with E-state index >= 15 is 0 Å². The minimum atomic E-state index is -0.589. The van der Waals surface area contributed by atoms with Gasteiger partial charge < -0.3 is 15.4 Å². The van der Waals surface area contributed by atoms with E-state index < -0.39 is 4.92 Å². The molecule has 0 aliphatic heterocycles. The first-order chi connectivity index (χ1) is 9.04. The number of anilines is 1. The summed E-state index contributed by atoms with van der Waals surface area (Å²) in [6.07, 6.45) is 0. The molecule has 0 bridgehead atoms. The lowest BCUT2D eigenvalue weighted by atomic mass is 10.1. The zero-order chi connectivity index (χ0) is 14.4. The number of aliphatic hydroxyl groups is 1. The van der Waals surface area contributed by atoms with E-state index in [4.69, 9.17) is 10.9 Å². The largest absolute Gasteiger partial charge is 0.395 e. The van der Waals surface area contributed by atoms with Gasteiger partial charge in [-0.1, -0.05) is 0 Å². The fourth-order valence-corrected chi connectivity index (χ4v) is 1.65. The third kappa shape index (κ3) is 3.39. The number of amides is 1. The van der Waals surface area contributed by atoms with Crippen molar-refractivity contribution in [2.45, 2.75) is 6.92 Å². The van der Waals surface area contributed by atoms with Gasteiger partial charge in [-0.3, -0.25) is 20.8 Å². The number of hydrazine groups is 1. The van der Waals surface area contributed by atoms with E-state index in [0.29, 0.717) is 6.54 Å². The first-order valence-corrected chi connectivity index (χ1v) is 5.70. The van der Waals surface area contributed by atoms with Gasteiger partial charge in [0.2, 0.25) is 0 Å². The Labute approximate surface area is 109 Å². The molecule has 19 heavy (non-hydrogen) atoms. The number of nitrogens with two attached hydrogens (primary N) is 1. The molecule has 0 aliphatic carbocycles.